The molecule has 2 N–H and O–H groups in total. The first kappa shape index (κ1) is 13.6. The van der Waals surface area contributed by atoms with Crippen molar-refractivity contribution in [3.8, 4) is 0 Å². The number of benzene rings is 1. The van der Waals surface area contributed by atoms with Crippen LogP contribution in [0.3, 0.4) is 0 Å². The highest BCUT2D eigenvalue weighted by atomic mass is 16.4. The van der Waals surface area contributed by atoms with Crippen molar-refractivity contribution >= 4 is 12.6 Å². The van der Waals surface area contributed by atoms with Crippen LogP contribution in [-0.4, -0.2) is 35.2 Å². The van der Waals surface area contributed by atoms with E-state index in [1.165, 1.54) is 25.8 Å². The maximum absolute atomic E-state index is 9.17. The summed E-state index contributed by atoms with van der Waals surface area (Å²) in [5, 5.41) is 18.3. The fourth-order valence-corrected chi connectivity index (χ4v) is 2.46. The van der Waals surface area contributed by atoms with Gasteiger partial charge in [0.15, 0.2) is 0 Å². The number of nitrogens with zero attached hydrogens (tertiary/aromatic N) is 1. The van der Waals surface area contributed by atoms with Crippen molar-refractivity contribution in [1.29, 1.82) is 0 Å². The lowest BCUT2D eigenvalue weighted by Gasteiger charge is -2.31. The molecule has 0 radical (unpaired) electrons. The van der Waals surface area contributed by atoms with Crippen molar-refractivity contribution in [3.05, 3.63) is 29.8 Å². The second-order valence-corrected chi connectivity index (χ2v) is 5.24. The molecule has 0 aliphatic heterocycles. The van der Waals surface area contributed by atoms with Crippen molar-refractivity contribution in [1.82, 2.24) is 4.90 Å². The van der Waals surface area contributed by atoms with E-state index in [-0.39, 0.29) is 0 Å². The van der Waals surface area contributed by atoms with Crippen molar-refractivity contribution in [2.24, 2.45) is 5.92 Å². The van der Waals surface area contributed by atoms with Crippen LogP contribution in [0.15, 0.2) is 24.3 Å². The van der Waals surface area contributed by atoms with E-state index in [1.807, 2.05) is 12.1 Å². The summed E-state index contributed by atoms with van der Waals surface area (Å²) in [6.45, 7) is 5.29. The predicted octanol–water partition coefficient (Wildman–Crippen LogP) is 0.988. The van der Waals surface area contributed by atoms with Crippen LogP contribution in [-0.2, 0) is 6.54 Å². The van der Waals surface area contributed by atoms with Gasteiger partial charge in [0.25, 0.3) is 0 Å². The van der Waals surface area contributed by atoms with Crippen molar-refractivity contribution < 1.29 is 10.0 Å². The lowest BCUT2D eigenvalue weighted by molar-refractivity contribution is 0.178. The molecule has 0 bridgehead atoms. The molecule has 0 heterocycles. The van der Waals surface area contributed by atoms with E-state index in [1.54, 1.807) is 6.07 Å². The molecule has 1 fully saturated rings. The zero-order valence-electron chi connectivity index (χ0n) is 11.0. The second kappa shape index (κ2) is 6.37. The van der Waals surface area contributed by atoms with Crippen molar-refractivity contribution in [3.63, 3.8) is 0 Å². The molecule has 0 atom stereocenters. The van der Waals surface area contributed by atoms with Crippen LogP contribution >= 0.6 is 0 Å². The molecule has 0 amide bonds. The van der Waals surface area contributed by atoms with Gasteiger partial charge >= 0.3 is 7.12 Å². The molecule has 0 saturated heterocycles. The van der Waals surface area contributed by atoms with Crippen LogP contribution in [0.25, 0.3) is 0 Å². The zero-order chi connectivity index (χ0) is 13.0. The first-order valence-electron chi connectivity index (χ1n) is 6.86. The van der Waals surface area contributed by atoms with Crippen LogP contribution in [0.5, 0.6) is 0 Å². The first-order valence-corrected chi connectivity index (χ1v) is 6.86. The summed E-state index contributed by atoms with van der Waals surface area (Å²) in [6, 6.07) is 7.57. The smallest absolute Gasteiger partial charge is 0.423 e. The molecular weight excluding hydrogens is 225 g/mol. The predicted molar refractivity (Wildman–Crippen MR) is 74.6 cm³/mol. The van der Waals surface area contributed by atoms with Crippen LogP contribution in [0.2, 0.25) is 0 Å². The SMILES string of the molecule is CCN(Cc1cccc(B(O)O)c1)CC1CCC1. The third-order valence-corrected chi connectivity index (χ3v) is 3.84. The van der Waals surface area contributed by atoms with Gasteiger partial charge < -0.3 is 10.0 Å². The summed E-state index contributed by atoms with van der Waals surface area (Å²) >= 11 is 0. The number of hydrogen-bond donors (Lipinski definition) is 2. The summed E-state index contributed by atoms with van der Waals surface area (Å²) in [4.78, 5) is 2.44. The summed E-state index contributed by atoms with van der Waals surface area (Å²) in [6.07, 6.45) is 4.12. The molecule has 1 aromatic carbocycles. The van der Waals surface area contributed by atoms with Gasteiger partial charge in [-0.15, -0.1) is 0 Å². The van der Waals surface area contributed by atoms with Crippen molar-refractivity contribution in [2.45, 2.75) is 32.7 Å². The fraction of sp³-hybridized carbons (Fsp3) is 0.571. The molecule has 4 heteroatoms. The van der Waals surface area contributed by atoms with Crippen LogP contribution in [0.4, 0.5) is 0 Å². The van der Waals surface area contributed by atoms with E-state index in [0.717, 1.165) is 24.6 Å². The Morgan fingerprint density at radius 1 is 1.33 bits per heavy atom. The molecule has 3 nitrogen and oxygen atoms in total. The second-order valence-electron chi connectivity index (χ2n) is 5.24. The minimum Gasteiger partial charge on any atom is -0.423 e. The monoisotopic (exact) mass is 247 g/mol. The highest BCUT2D eigenvalue weighted by Gasteiger charge is 2.20. The molecule has 98 valence electrons. The van der Waals surface area contributed by atoms with Crippen LogP contribution in [0.1, 0.15) is 31.7 Å². The molecule has 1 aliphatic rings. The Kier molecular flexibility index (Phi) is 4.81. The van der Waals surface area contributed by atoms with Gasteiger partial charge in [-0.3, -0.25) is 4.90 Å². The Hall–Kier alpha value is -0.835. The molecule has 1 saturated carbocycles. The summed E-state index contributed by atoms with van der Waals surface area (Å²) < 4.78 is 0. The maximum Gasteiger partial charge on any atom is 0.488 e. The summed E-state index contributed by atoms with van der Waals surface area (Å²) in [7, 11) is -1.37. The largest absolute Gasteiger partial charge is 0.488 e. The number of rotatable bonds is 6. The molecule has 0 aromatic heterocycles. The lowest BCUT2D eigenvalue weighted by atomic mass is 9.79. The van der Waals surface area contributed by atoms with E-state index in [9.17, 15) is 10.0 Å². The molecule has 0 spiro atoms. The van der Waals surface area contributed by atoms with Gasteiger partial charge in [-0.1, -0.05) is 37.6 Å². The van der Waals surface area contributed by atoms with Crippen LogP contribution < -0.4 is 5.46 Å². The Morgan fingerprint density at radius 2 is 2.11 bits per heavy atom. The third-order valence-electron chi connectivity index (χ3n) is 3.84. The Bertz CT molecular complexity index is 380. The average molecular weight is 247 g/mol. The highest BCUT2D eigenvalue weighted by molar-refractivity contribution is 6.58. The quantitative estimate of drug-likeness (QED) is 0.737. The minimum atomic E-state index is -1.37. The van der Waals surface area contributed by atoms with E-state index in [2.05, 4.69) is 17.9 Å². The van der Waals surface area contributed by atoms with Gasteiger partial charge in [-0.05, 0) is 36.3 Å². The van der Waals surface area contributed by atoms with Gasteiger partial charge in [0, 0.05) is 13.1 Å². The average Bonchev–Trinajstić information content (AvgIpc) is 2.32. The first-order chi connectivity index (χ1) is 8.69. The Balaban J connectivity index is 1.95. The third kappa shape index (κ3) is 3.58. The maximum atomic E-state index is 9.17. The summed E-state index contributed by atoms with van der Waals surface area (Å²) in [5.74, 6) is 0.872. The zero-order valence-corrected chi connectivity index (χ0v) is 11.0. The van der Waals surface area contributed by atoms with Crippen molar-refractivity contribution in [2.75, 3.05) is 13.1 Å². The molecule has 1 aliphatic carbocycles. The normalized spacial score (nSPS) is 15.8. The molecular formula is C14H22BNO2. The van der Waals surface area contributed by atoms with Gasteiger partial charge in [0.1, 0.15) is 0 Å². The molecule has 2 rings (SSSR count). The molecule has 0 unspecified atom stereocenters. The molecule has 1 aromatic rings. The molecule has 18 heavy (non-hydrogen) atoms. The van der Waals surface area contributed by atoms with Gasteiger partial charge in [-0.25, -0.2) is 0 Å². The van der Waals surface area contributed by atoms with E-state index in [4.69, 9.17) is 0 Å². The standard InChI is InChI=1S/C14H22BNO2/c1-2-16(10-12-5-3-6-12)11-13-7-4-8-14(9-13)15(17)18/h4,7-9,12,17-18H,2-3,5-6,10-11H2,1H3. The van der Waals surface area contributed by atoms with E-state index in [0.29, 0.717) is 5.46 Å². The van der Waals surface area contributed by atoms with Gasteiger partial charge in [-0.2, -0.15) is 0 Å². The minimum absolute atomic E-state index is 0.576. The van der Waals surface area contributed by atoms with E-state index < -0.39 is 7.12 Å². The summed E-state index contributed by atoms with van der Waals surface area (Å²) in [5.41, 5.74) is 1.73. The lowest BCUT2D eigenvalue weighted by Crippen LogP contribution is -2.33. The highest BCUT2D eigenvalue weighted by Crippen LogP contribution is 2.27. The van der Waals surface area contributed by atoms with Gasteiger partial charge in [0.05, 0.1) is 0 Å². The van der Waals surface area contributed by atoms with E-state index >= 15 is 0 Å². The van der Waals surface area contributed by atoms with Crippen LogP contribution in [0, 0.1) is 5.92 Å². The fourth-order valence-electron chi connectivity index (χ4n) is 2.46. The van der Waals surface area contributed by atoms with Gasteiger partial charge in [0.2, 0.25) is 0 Å². The Labute approximate surface area is 110 Å². The topological polar surface area (TPSA) is 43.7 Å². The Morgan fingerprint density at radius 3 is 2.67 bits per heavy atom. The number of hydrogen-bond acceptors (Lipinski definition) is 3.